The van der Waals surface area contributed by atoms with Crippen LogP contribution in [-0.4, -0.2) is 30.5 Å². The number of hydrogen-bond acceptors (Lipinski definition) is 4. The van der Waals surface area contributed by atoms with Gasteiger partial charge in [0.15, 0.2) is 0 Å². The molecule has 1 saturated carbocycles. The SMILES string of the molecule is COc1cccc(OC2CCCC(N)(CO)C2)c1. The van der Waals surface area contributed by atoms with Crippen molar-refractivity contribution in [1.82, 2.24) is 0 Å². The fourth-order valence-corrected chi connectivity index (χ4v) is 2.45. The van der Waals surface area contributed by atoms with Crippen LogP contribution in [0.5, 0.6) is 11.5 Å². The minimum absolute atomic E-state index is 0.0188. The molecule has 0 spiro atoms. The topological polar surface area (TPSA) is 64.7 Å². The van der Waals surface area contributed by atoms with Crippen molar-refractivity contribution in [3.8, 4) is 11.5 Å². The number of rotatable bonds is 4. The molecule has 100 valence electrons. The van der Waals surface area contributed by atoms with Crippen molar-refractivity contribution in [2.75, 3.05) is 13.7 Å². The van der Waals surface area contributed by atoms with Gasteiger partial charge in [-0.3, -0.25) is 0 Å². The van der Waals surface area contributed by atoms with Crippen LogP contribution in [0, 0.1) is 0 Å². The first-order valence-electron chi connectivity index (χ1n) is 6.36. The highest BCUT2D eigenvalue weighted by Gasteiger charge is 2.33. The van der Waals surface area contributed by atoms with Gasteiger partial charge in [-0.25, -0.2) is 0 Å². The summed E-state index contributed by atoms with van der Waals surface area (Å²) in [5.74, 6) is 1.58. The molecule has 2 atom stereocenters. The largest absolute Gasteiger partial charge is 0.497 e. The molecule has 1 fully saturated rings. The first-order chi connectivity index (χ1) is 8.65. The fraction of sp³-hybridized carbons (Fsp3) is 0.571. The molecule has 0 bridgehead atoms. The molecule has 1 aromatic carbocycles. The van der Waals surface area contributed by atoms with E-state index in [0.717, 1.165) is 30.8 Å². The molecule has 0 heterocycles. The Bertz CT molecular complexity index is 396. The lowest BCUT2D eigenvalue weighted by molar-refractivity contribution is 0.0727. The number of aliphatic hydroxyl groups is 1. The van der Waals surface area contributed by atoms with Gasteiger partial charge < -0.3 is 20.3 Å². The van der Waals surface area contributed by atoms with Crippen molar-refractivity contribution in [2.45, 2.75) is 37.3 Å². The van der Waals surface area contributed by atoms with Gasteiger partial charge in [0.2, 0.25) is 0 Å². The van der Waals surface area contributed by atoms with Crippen LogP contribution in [-0.2, 0) is 0 Å². The first kappa shape index (κ1) is 13.2. The third kappa shape index (κ3) is 3.15. The quantitative estimate of drug-likeness (QED) is 0.855. The summed E-state index contributed by atoms with van der Waals surface area (Å²) < 4.78 is 11.1. The molecule has 0 aromatic heterocycles. The zero-order chi connectivity index (χ0) is 13.0. The van der Waals surface area contributed by atoms with Crippen molar-refractivity contribution in [3.05, 3.63) is 24.3 Å². The Morgan fingerprint density at radius 1 is 1.44 bits per heavy atom. The van der Waals surface area contributed by atoms with Gasteiger partial charge in [0, 0.05) is 18.0 Å². The summed E-state index contributed by atoms with van der Waals surface area (Å²) in [7, 11) is 1.64. The molecule has 1 aliphatic carbocycles. The van der Waals surface area contributed by atoms with E-state index in [1.54, 1.807) is 7.11 Å². The summed E-state index contributed by atoms with van der Waals surface area (Å²) in [6.45, 7) is 0.0188. The highest BCUT2D eigenvalue weighted by molar-refractivity contribution is 5.33. The summed E-state index contributed by atoms with van der Waals surface area (Å²) in [5.41, 5.74) is 5.62. The predicted molar refractivity (Wildman–Crippen MR) is 69.9 cm³/mol. The smallest absolute Gasteiger partial charge is 0.123 e. The molecule has 2 rings (SSSR count). The molecule has 1 aliphatic rings. The van der Waals surface area contributed by atoms with E-state index < -0.39 is 5.54 Å². The molecule has 2 unspecified atom stereocenters. The minimum atomic E-state index is -0.484. The number of nitrogens with two attached hydrogens (primary N) is 1. The monoisotopic (exact) mass is 251 g/mol. The van der Waals surface area contributed by atoms with Crippen LogP contribution in [0.2, 0.25) is 0 Å². The van der Waals surface area contributed by atoms with E-state index in [0.29, 0.717) is 6.42 Å². The molecular weight excluding hydrogens is 230 g/mol. The number of ether oxygens (including phenoxy) is 2. The Kier molecular flexibility index (Phi) is 4.09. The summed E-state index contributed by atoms with van der Waals surface area (Å²) >= 11 is 0. The van der Waals surface area contributed by atoms with Crippen LogP contribution >= 0.6 is 0 Å². The molecule has 18 heavy (non-hydrogen) atoms. The molecular formula is C14H21NO3. The normalized spacial score (nSPS) is 27.8. The van der Waals surface area contributed by atoms with Crippen molar-refractivity contribution in [3.63, 3.8) is 0 Å². The van der Waals surface area contributed by atoms with Crippen LogP contribution in [0.1, 0.15) is 25.7 Å². The third-order valence-corrected chi connectivity index (χ3v) is 3.49. The average Bonchev–Trinajstić information content (AvgIpc) is 2.39. The van der Waals surface area contributed by atoms with E-state index in [-0.39, 0.29) is 12.7 Å². The van der Waals surface area contributed by atoms with Crippen molar-refractivity contribution < 1.29 is 14.6 Å². The summed E-state index contributed by atoms with van der Waals surface area (Å²) in [4.78, 5) is 0. The van der Waals surface area contributed by atoms with Crippen LogP contribution in [0.15, 0.2) is 24.3 Å². The van der Waals surface area contributed by atoms with Crippen LogP contribution in [0.3, 0.4) is 0 Å². The van der Waals surface area contributed by atoms with Gasteiger partial charge in [0.05, 0.1) is 13.7 Å². The van der Waals surface area contributed by atoms with Crippen LogP contribution in [0.4, 0.5) is 0 Å². The lowest BCUT2D eigenvalue weighted by atomic mass is 9.81. The standard InChI is InChI=1S/C14H21NO3/c1-17-11-4-2-5-12(8-11)18-13-6-3-7-14(15,9-13)10-16/h2,4-5,8,13,16H,3,6-7,9-10,15H2,1H3. The van der Waals surface area contributed by atoms with E-state index >= 15 is 0 Å². The van der Waals surface area contributed by atoms with Gasteiger partial charge in [-0.15, -0.1) is 0 Å². The summed E-state index contributed by atoms with van der Waals surface area (Å²) in [6, 6.07) is 7.56. The van der Waals surface area contributed by atoms with E-state index in [9.17, 15) is 5.11 Å². The molecule has 1 aromatic rings. The average molecular weight is 251 g/mol. The summed E-state index contributed by atoms with van der Waals surface area (Å²) in [5, 5.41) is 9.32. The van der Waals surface area contributed by atoms with Crippen LogP contribution < -0.4 is 15.2 Å². The zero-order valence-electron chi connectivity index (χ0n) is 10.8. The summed E-state index contributed by atoms with van der Waals surface area (Å²) in [6.07, 6.45) is 3.60. The van der Waals surface area contributed by atoms with E-state index in [4.69, 9.17) is 15.2 Å². The van der Waals surface area contributed by atoms with Gasteiger partial charge in [0.1, 0.15) is 17.6 Å². The Hall–Kier alpha value is -1.26. The second-order valence-electron chi connectivity index (χ2n) is 5.04. The van der Waals surface area contributed by atoms with Crippen molar-refractivity contribution >= 4 is 0 Å². The molecule has 4 heteroatoms. The number of benzene rings is 1. The lowest BCUT2D eigenvalue weighted by Gasteiger charge is -2.36. The Morgan fingerprint density at radius 3 is 2.94 bits per heavy atom. The lowest BCUT2D eigenvalue weighted by Crippen LogP contribution is -2.50. The zero-order valence-corrected chi connectivity index (χ0v) is 10.8. The second kappa shape index (κ2) is 5.59. The van der Waals surface area contributed by atoms with E-state index in [2.05, 4.69) is 0 Å². The van der Waals surface area contributed by atoms with Crippen LogP contribution in [0.25, 0.3) is 0 Å². The molecule has 0 saturated heterocycles. The minimum Gasteiger partial charge on any atom is -0.497 e. The van der Waals surface area contributed by atoms with Gasteiger partial charge in [-0.2, -0.15) is 0 Å². The number of hydrogen-bond donors (Lipinski definition) is 2. The maximum atomic E-state index is 9.32. The number of aliphatic hydroxyl groups excluding tert-OH is 1. The highest BCUT2D eigenvalue weighted by Crippen LogP contribution is 2.30. The fourth-order valence-electron chi connectivity index (χ4n) is 2.45. The maximum absolute atomic E-state index is 9.32. The molecule has 4 nitrogen and oxygen atoms in total. The molecule has 0 aliphatic heterocycles. The Morgan fingerprint density at radius 2 is 2.22 bits per heavy atom. The number of methoxy groups -OCH3 is 1. The van der Waals surface area contributed by atoms with Gasteiger partial charge in [-0.05, 0) is 31.4 Å². The predicted octanol–water partition coefficient (Wildman–Crippen LogP) is 1.71. The maximum Gasteiger partial charge on any atom is 0.123 e. The van der Waals surface area contributed by atoms with Gasteiger partial charge in [0.25, 0.3) is 0 Å². The highest BCUT2D eigenvalue weighted by atomic mass is 16.5. The van der Waals surface area contributed by atoms with Gasteiger partial charge >= 0.3 is 0 Å². The molecule has 0 amide bonds. The first-order valence-corrected chi connectivity index (χ1v) is 6.36. The molecule has 0 radical (unpaired) electrons. The third-order valence-electron chi connectivity index (χ3n) is 3.49. The van der Waals surface area contributed by atoms with E-state index in [1.165, 1.54) is 0 Å². The van der Waals surface area contributed by atoms with Crippen molar-refractivity contribution in [2.24, 2.45) is 5.73 Å². The van der Waals surface area contributed by atoms with Gasteiger partial charge in [-0.1, -0.05) is 6.07 Å². The second-order valence-corrected chi connectivity index (χ2v) is 5.04. The van der Waals surface area contributed by atoms with E-state index in [1.807, 2.05) is 24.3 Å². The Balaban J connectivity index is 2.00. The molecule has 3 N–H and O–H groups in total. The van der Waals surface area contributed by atoms with Crippen molar-refractivity contribution in [1.29, 1.82) is 0 Å². The Labute approximate surface area is 108 Å².